The van der Waals surface area contributed by atoms with Crippen LogP contribution in [0.4, 0.5) is 24.5 Å². The standard InChI is InChI=1S/C21H19F3N2O3/c1-29-18-12-15(9-10-17(18)26-11-5-8-20(26)28)25-19(27)13-16(21(22,23)24)14-6-3-2-4-7-14/h2-4,6-7,9-10,12-13H,5,8,11H2,1H3,(H,25,27)/b16-13-. The summed E-state index contributed by atoms with van der Waals surface area (Å²) in [4.78, 5) is 25.8. The van der Waals surface area contributed by atoms with E-state index in [-0.39, 0.29) is 17.2 Å². The van der Waals surface area contributed by atoms with Crippen molar-refractivity contribution in [1.29, 1.82) is 0 Å². The van der Waals surface area contributed by atoms with E-state index in [0.29, 0.717) is 30.5 Å². The Morgan fingerprint density at radius 3 is 2.48 bits per heavy atom. The smallest absolute Gasteiger partial charge is 0.417 e. The predicted octanol–water partition coefficient (Wildman–Crippen LogP) is 4.41. The molecule has 1 N–H and O–H groups in total. The average Bonchev–Trinajstić information content (AvgIpc) is 3.11. The molecular formula is C21H19F3N2O3. The minimum absolute atomic E-state index is 0.0271. The van der Waals surface area contributed by atoms with E-state index in [9.17, 15) is 22.8 Å². The lowest BCUT2D eigenvalue weighted by Gasteiger charge is -2.19. The van der Waals surface area contributed by atoms with Crippen LogP contribution in [0, 0.1) is 0 Å². The van der Waals surface area contributed by atoms with Gasteiger partial charge in [0.05, 0.1) is 18.4 Å². The summed E-state index contributed by atoms with van der Waals surface area (Å²) in [5.41, 5.74) is -0.325. The first-order valence-corrected chi connectivity index (χ1v) is 8.93. The Hall–Kier alpha value is -3.29. The fraction of sp³-hybridized carbons (Fsp3) is 0.238. The monoisotopic (exact) mass is 404 g/mol. The zero-order valence-corrected chi connectivity index (χ0v) is 15.6. The highest BCUT2D eigenvalue weighted by Gasteiger charge is 2.35. The highest BCUT2D eigenvalue weighted by Crippen LogP contribution is 2.35. The molecule has 0 aromatic heterocycles. The molecule has 1 aliphatic heterocycles. The molecule has 29 heavy (non-hydrogen) atoms. The minimum Gasteiger partial charge on any atom is -0.494 e. The van der Waals surface area contributed by atoms with Gasteiger partial charge in [-0.25, -0.2) is 0 Å². The third kappa shape index (κ3) is 4.77. The van der Waals surface area contributed by atoms with Gasteiger partial charge >= 0.3 is 6.18 Å². The average molecular weight is 404 g/mol. The van der Waals surface area contributed by atoms with Gasteiger partial charge in [0.15, 0.2) is 0 Å². The summed E-state index contributed by atoms with van der Waals surface area (Å²) in [5, 5.41) is 2.42. The summed E-state index contributed by atoms with van der Waals surface area (Å²) in [5.74, 6) is -0.602. The van der Waals surface area contributed by atoms with Gasteiger partial charge in [-0.1, -0.05) is 30.3 Å². The fourth-order valence-corrected chi connectivity index (χ4v) is 3.14. The molecule has 0 aliphatic carbocycles. The molecule has 0 spiro atoms. The molecule has 0 atom stereocenters. The molecule has 0 bridgehead atoms. The maximum atomic E-state index is 13.4. The van der Waals surface area contributed by atoms with E-state index in [1.54, 1.807) is 17.0 Å². The number of carbonyl (C=O) groups excluding carboxylic acids is 2. The number of ether oxygens (including phenoxy) is 1. The molecule has 0 saturated carbocycles. The summed E-state index contributed by atoms with van der Waals surface area (Å²) in [7, 11) is 1.42. The van der Waals surface area contributed by atoms with Gasteiger partial charge in [-0.15, -0.1) is 0 Å². The van der Waals surface area contributed by atoms with E-state index in [0.717, 1.165) is 6.42 Å². The molecule has 0 radical (unpaired) electrons. The Morgan fingerprint density at radius 1 is 1.17 bits per heavy atom. The largest absolute Gasteiger partial charge is 0.494 e. The number of amides is 2. The van der Waals surface area contributed by atoms with Crippen LogP contribution in [-0.4, -0.2) is 31.6 Å². The molecule has 1 saturated heterocycles. The van der Waals surface area contributed by atoms with Crippen LogP contribution in [0.25, 0.3) is 5.57 Å². The van der Waals surface area contributed by atoms with Gasteiger partial charge in [0.1, 0.15) is 5.75 Å². The van der Waals surface area contributed by atoms with Gasteiger partial charge in [-0.05, 0) is 24.1 Å². The second-order valence-corrected chi connectivity index (χ2v) is 6.45. The second-order valence-electron chi connectivity index (χ2n) is 6.45. The number of allylic oxidation sites excluding steroid dienone is 1. The van der Waals surface area contributed by atoms with E-state index in [1.165, 1.54) is 43.5 Å². The number of nitrogens with zero attached hydrogens (tertiary/aromatic N) is 1. The number of methoxy groups -OCH3 is 1. The third-order valence-corrected chi connectivity index (χ3v) is 4.48. The summed E-state index contributed by atoms with van der Waals surface area (Å²) < 4.78 is 45.4. The minimum atomic E-state index is -4.68. The summed E-state index contributed by atoms with van der Waals surface area (Å²) >= 11 is 0. The summed E-state index contributed by atoms with van der Waals surface area (Å²) in [6.45, 7) is 0.565. The zero-order valence-electron chi connectivity index (χ0n) is 15.6. The van der Waals surface area contributed by atoms with E-state index in [2.05, 4.69) is 5.32 Å². The number of carbonyl (C=O) groups is 2. The highest BCUT2D eigenvalue weighted by molar-refractivity contribution is 6.05. The molecule has 2 aromatic rings. The van der Waals surface area contributed by atoms with Gasteiger partial charge in [-0.2, -0.15) is 13.2 Å². The SMILES string of the molecule is COc1cc(NC(=O)/C=C(/c2ccccc2)C(F)(F)F)ccc1N1CCCC1=O. The van der Waals surface area contributed by atoms with Crippen molar-refractivity contribution in [3.63, 3.8) is 0 Å². The van der Waals surface area contributed by atoms with Crippen molar-refractivity contribution in [2.45, 2.75) is 19.0 Å². The Morgan fingerprint density at radius 2 is 1.90 bits per heavy atom. The molecule has 152 valence electrons. The van der Waals surface area contributed by atoms with Gasteiger partial charge < -0.3 is 15.0 Å². The maximum Gasteiger partial charge on any atom is 0.417 e. The Kier molecular flexibility index (Phi) is 5.91. The molecule has 1 aliphatic rings. The van der Waals surface area contributed by atoms with Crippen molar-refractivity contribution in [2.24, 2.45) is 0 Å². The number of hydrogen-bond donors (Lipinski definition) is 1. The first kappa shape index (κ1) is 20.4. The lowest BCUT2D eigenvalue weighted by Crippen LogP contribution is -2.24. The number of halogens is 3. The third-order valence-electron chi connectivity index (χ3n) is 4.48. The second kappa shape index (κ2) is 8.38. The molecule has 3 rings (SSSR count). The van der Waals surface area contributed by atoms with Crippen molar-refractivity contribution < 1.29 is 27.5 Å². The number of rotatable bonds is 5. The number of anilines is 2. The van der Waals surface area contributed by atoms with Crippen LogP contribution >= 0.6 is 0 Å². The maximum absolute atomic E-state index is 13.4. The van der Waals surface area contributed by atoms with E-state index < -0.39 is 17.7 Å². The number of nitrogens with one attached hydrogen (secondary N) is 1. The van der Waals surface area contributed by atoms with Crippen LogP contribution < -0.4 is 15.0 Å². The summed E-state index contributed by atoms with van der Waals surface area (Å²) in [6, 6.07) is 11.7. The van der Waals surface area contributed by atoms with Crippen LogP contribution in [0.2, 0.25) is 0 Å². The van der Waals surface area contributed by atoms with Crippen LogP contribution in [0.5, 0.6) is 5.75 Å². The zero-order chi connectivity index (χ0) is 21.0. The Bertz CT molecular complexity index is 940. The normalized spacial score (nSPS) is 14.8. The number of hydrogen-bond acceptors (Lipinski definition) is 3. The van der Waals surface area contributed by atoms with Crippen molar-refractivity contribution >= 4 is 28.8 Å². The van der Waals surface area contributed by atoms with Gasteiger partial charge in [0.25, 0.3) is 0 Å². The van der Waals surface area contributed by atoms with Crippen molar-refractivity contribution in [3.8, 4) is 5.75 Å². The number of alkyl halides is 3. The molecule has 8 heteroatoms. The Balaban J connectivity index is 1.84. The van der Waals surface area contributed by atoms with Gasteiger partial charge in [0, 0.05) is 30.8 Å². The highest BCUT2D eigenvalue weighted by atomic mass is 19.4. The lowest BCUT2D eigenvalue weighted by molar-refractivity contribution is -0.117. The van der Waals surface area contributed by atoms with Crippen molar-refractivity contribution in [1.82, 2.24) is 0 Å². The lowest BCUT2D eigenvalue weighted by atomic mass is 10.1. The van der Waals surface area contributed by atoms with E-state index in [4.69, 9.17) is 4.74 Å². The molecule has 5 nitrogen and oxygen atoms in total. The van der Waals surface area contributed by atoms with Gasteiger partial charge in [0.2, 0.25) is 11.8 Å². The molecule has 2 amide bonds. The van der Waals surface area contributed by atoms with Crippen LogP contribution in [0.1, 0.15) is 18.4 Å². The summed E-state index contributed by atoms with van der Waals surface area (Å²) in [6.07, 6.45) is -2.97. The van der Waals surface area contributed by atoms with Crippen LogP contribution in [0.15, 0.2) is 54.6 Å². The molecule has 1 heterocycles. The molecular weight excluding hydrogens is 385 g/mol. The quantitative estimate of drug-likeness (QED) is 0.752. The topological polar surface area (TPSA) is 58.6 Å². The number of benzene rings is 2. The molecule has 1 fully saturated rings. The molecule has 2 aromatic carbocycles. The fourth-order valence-electron chi connectivity index (χ4n) is 3.14. The van der Waals surface area contributed by atoms with Crippen molar-refractivity contribution in [3.05, 3.63) is 60.2 Å². The van der Waals surface area contributed by atoms with Gasteiger partial charge in [-0.3, -0.25) is 9.59 Å². The molecule has 0 unspecified atom stereocenters. The Labute approximate surface area is 165 Å². The van der Waals surface area contributed by atoms with Crippen LogP contribution in [0.3, 0.4) is 0 Å². The first-order valence-electron chi connectivity index (χ1n) is 8.93. The first-order chi connectivity index (χ1) is 13.8. The van der Waals surface area contributed by atoms with Crippen molar-refractivity contribution in [2.75, 3.05) is 23.9 Å². The van der Waals surface area contributed by atoms with E-state index >= 15 is 0 Å². The predicted molar refractivity (Wildman–Crippen MR) is 104 cm³/mol. The van der Waals surface area contributed by atoms with Crippen LogP contribution in [-0.2, 0) is 9.59 Å². The van der Waals surface area contributed by atoms with E-state index in [1.807, 2.05) is 0 Å².